The fourth-order valence-corrected chi connectivity index (χ4v) is 2.76. The van der Waals surface area contributed by atoms with Gasteiger partial charge >= 0.3 is 0 Å². The first kappa shape index (κ1) is 16.5. The molecule has 2 aromatic carbocycles. The van der Waals surface area contributed by atoms with Crippen LogP contribution in [0.2, 0.25) is 0 Å². The Morgan fingerprint density at radius 1 is 1.25 bits per heavy atom. The highest BCUT2D eigenvalue weighted by molar-refractivity contribution is 5.95. The smallest absolute Gasteiger partial charge is 0.254 e. The lowest BCUT2D eigenvalue weighted by molar-refractivity contribution is 0.0201. The number of ether oxygens (including phenoxy) is 2. The van der Waals surface area contributed by atoms with Crippen molar-refractivity contribution in [2.75, 3.05) is 20.3 Å². The van der Waals surface area contributed by atoms with Crippen LogP contribution in [0.4, 0.5) is 4.39 Å². The lowest BCUT2D eigenvalue weighted by Gasteiger charge is -2.40. The Hall–Kier alpha value is -2.40. The van der Waals surface area contributed by atoms with Gasteiger partial charge in [0.2, 0.25) is 0 Å². The SMILES string of the molecule is COCC1CCN1C(=O)c1cccc(COc2cccc(F)c2)c1. The van der Waals surface area contributed by atoms with Crippen molar-refractivity contribution in [2.24, 2.45) is 0 Å². The van der Waals surface area contributed by atoms with Gasteiger partial charge in [-0.15, -0.1) is 0 Å². The van der Waals surface area contributed by atoms with Crippen LogP contribution in [0.25, 0.3) is 0 Å². The number of nitrogens with zero attached hydrogens (tertiary/aromatic N) is 1. The van der Waals surface area contributed by atoms with Crippen LogP contribution in [0.1, 0.15) is 22.3 Å². The standard InChI is InChI=1S/C19H20FNO3/c1-23-13-17-8-9-21(17)19(22)15-5-2-4-14(10-15)12-24-18-7-3-6-16(20)11-18/h2-7,10-11,17H,8-9,12-13H2,1H3. The molecule has 0 N–H and O–H groups in total. The molecule has 1 unspecified atom stereocenters. The molecule has 0 spiro atoms. The molecule has 4 nitrogen and oxygen atoms in total. The second-order valence-corrected chi connectivity index (χ2v) is 5.84. The van der Waals surface area contributed by atoms with Crippen LogP contribution in [0, 0.1) is 5.82 Å². The fourth-order valence-electron chi connectivity index (χ4n) is 2.76. The van der Waals surface area contributed by atoms with Crippen LogP contribution < -0.4 is 4.74 Å². The first-order valence-corrected chi connectivity index (χ1v) is 7.94. The summed E-state index contributed by atoms with van der Waals surface area (Å²) in [6.45, 7) is 1.61. The van der Waals surface area contributed by atoms with E-state index < -0.39 is 0 Å². The van der Waals surface area contributed by atoms with Gasteiger partial charge in [0.15, 0.2) is 0 Å². The molecule has 1 heterocycles. The maximum atomic E-state index is 13.2. The molecular formula is C19H20FNO3. The van der Waals surface area contributed by atoms with Gasteiger partial charge in [-0.05, 0) is 36.2 Å². The molecule has 0 radical (unpaired) electrons. The summed E-state index contributed by atoms with van der Waals surface area (Å²) in [5.41, 5.74) is 1.50. The van der Waals surface area contributed by atoms with E-state index in [2.05, 4.69) is 0 Å². The van der Waals surface area contributed by atoms with Crippen molar-refractivity contribution in [2.45, 2.75) is 19.1 Å². The van der Waals surface area contributed by atoms with Gasteiger partial charge < -0.3 is 14.4 Å². The molecule has 2 aromatic rings. The number of methoxy groups -OCH3 is 1. The van der Waals surface area contributed by atoms with Crippen LogP contribution in [0.3, 0.4) is 0 Å². The molecule has 5 heteroatoms. The Labute approximate surface area is 140 Å². The Morgan fingerprint density at radius 3 is 2.79 bits per heavy atom. The van der Waals surface area contributed by atoms with Gasteiger partial charge in [0.1, 0.15) is 18.2 Å². The molecule has 1 saturated heterocycles. The van der Waals surface area contributed by atoms with Crippen LogP contribution in [0.5, 0.6) is 5.75 Å². The van der Waals surface area contributed by atoms with Gasteiger partial charge in [0, 0.05) is 25.3 Å². The van der Waals surface area contributed by atoms with Crippen LogP contribution in [-0.2, 0) is 11.3 Å². The number of amides is 1. The van der Waals surface area contributed by atoms with Crippen molar-refractivity contribution in [1.82, 2.24) is 4.90 Å². The van der Waals surface area contributed by atoms with E-state index in [4.69, 9.17) is 9.47 Å². The molecule has 1 amide bonds. The summed E-state index contributed by atoms with van der Waals surface area (Å²) in [6, 6.07) is 13.5. The zero-order valence-electron chi connectivity index (χ0n) is 13.6. The third kappa shape index (κ3) is 3.74. The zero-order chi connectivity index (χ0) is 16.9. The Morgan fingerprint density at radius 2 is 2.08 bits per heavy atom. The number of rotatable bonds is 6. The summed E-state index contributed by atoms with van der Waals surface area (Å²) < 4.78 is 23.9. The van der Waals surface area contributed by atoms with Crippen LogP contribution in [0.15, 0.2) is 48.5 Å². The lowest BCUT2D eigenvalue weighted by Crippen LogP contribution is -2.53. The van der Waals surface area contributed by atoms with Crippen LogP contribution >= 0.6 is 0 Å². The van der Waals surface area contributed by atoms with Gasteiger partial charge in [-0.1, -0.05) is 18.2 Å². The highest BCUT2D eigenvalue weighted by atomic mass is 19.1. The molecule has 0 aromatic heterocycles. The van der Waals surface area contributed by atoms with E-state index in [0.717, 1.165) is 18.5 Å². The molecule has 1 fully saturated rings. The summed E-state index contributed by atoms with van der Waals surface area (Å²) in [6.07, 6.45) is 0.974. The molecule has 0 aliphatic carbocycles. The second kappa shape index (κ2) is 7.45. The van der Waals surface area contributed by atoms with E-state index in [0.29, 0.717) is 17.9 Å². The highest BCUT2D eigenvalue weighted by Crippen LogP contribution is 2.22. The van der Waals surface area contributed by atoms with Gasteiger partial charge in [-0.3, -0.25) is 4.79 Å². The predicted molar refractivity (Wildman–Crippen MR) is 88.5 cm³/mol. The molecule has 24 heavy (non-hydrogen) atoms. The van der Waals surface area contributed by atoms with E-state index in [9.17, 15) is 9.18 Å². The molecule has 0 saturated carbocycles. The van der Waals surface area contributed by atoms with E-state index in [1.54, 1.807) is 25.3 Å². The van der Waals surface area contributed by atoms with Gasteiger partial charge in [-0.25, -0.2) is 4.39 Å². The highest BCUT2D eigenvalue weighted by Gasteiger charge is 2.32. The third-order valence-corrected chi connectivity index (χ3v) is 4.14. The van der Waals surface area contributed by atoms with Crippen molar-refractivity contribution >= 4 is 5.91 Å². The summed E-state index contributed by atoms with van der Waals surface area (Å²) >= 11 is 0. The second-order valence-electron chi connectivity index (χ2n) is 5.84. The topological polar surface area (TPSA) is 38.8 Å². The van der Waals surface area contributed by atoms with E-state index in [1.807, 2.05) is 23.1 Å². The van der Waals surface area contributed by atoms with Crippen molar-refractivity contribution in [3.63, 3.8) is 0 Å². The van der Waals surface area contributed by atoms with Crippen molar-refractivity contribution < 1.29 is 18.7 Å². The summed E-state index contributed by atoms with van der Waals surface area (Å²) in [7, 11) is 1.64. The first-order valence-electron chi connectivity index (χ1n) is 7.94. The summed E-state index contributed by atoms with van der Waals surface area (Å²) in [5.74, 6) is 0.143. The van der Waals surface area contributed by atoms with Gasteiger partial charge in [0.25, 0.3) is 5.91 Å². The molecule has 126 valence electrons. The summed E-state index contributed by atoms with van der Waals surface area (Å²) in [5, 5.41) is 0. The summed E-state index contributed by atoms with van der Waals surface area (Å²) in [4.78, 5) is 14.4. The quantitative estimate of drug-likeness (QED) is 0.816. The monoisotopic (exact) mass is 329 g/mol. The Bertz CT molecular complexity index is 719. The first-order chi connectivity index (χ1) is 11.7. The van der Waals surface area contributed by atoms with E-state index in [1.165, 1.54) is 12.1 Å². The van der Waals surface area contributed by atoms with Crippen molar-refractivity contribution in [3.8, 4) is 5.75 Å². The van der Waals surface area contributed by atoms with Crippen molar-refractivity contribution in [3.05, 3.63) is 65.5 Å². The maximum absolute atomic E-state index is 13.2. The molecule has 1 aliphatic heterocycles. The minimum atomic E-state index is -0.335. The number of hydrogen-bond donors (Lipinski definition) is 0. The number of halogens is 1. The normalized spacial score (nSPS) is 16.6. The molecule has 1 aliphatic rings. The fraction of sp³-hybridized carbons (Fsp3) is 0.316. The van der Waals surface area contributed by atoms with Gasteiger partial charge in [0.05, 0.1) is 12.6 Å². The zero-order valence-corrected chi connectivity index (χ0v) is 13.6. The minimum Gasteiger partial charge on any atom is -0.489 e. The number of carbonyl (C=O) groups is 1. The molecule has 1 atom stereocenters. The average molecular weight is 329 g/mol. The van der Waals surface area contributed by atoms with Gasteiger partial charge in [-0.2, -0.15) is 0 Å². The van der Waals surface area contributed by atoms with E-state index >= 15 is 0 Å². The number of benzene rings is 2. The Kier molecular flexibility index (Phi) is 5.11. The third-order valence-electron chi connectivity index (χ3n) is 4.14. The molecule has 0 bridgehead atoms. The Balaban J connectivity index is 1.64. The average Bonchev–Trinajstić information content (AvgIpc) is 2.57. The predicted octanol–water partition coefficient (Wildman–Crippen LogP) is 3.27. The number of hydrogen-bond acceptors (Lipinski definition) is 3. The lowest BCUT2D eigenvalue weighted by atomic mass is 10.0. The molecule has 3 rings (SSSR count). The molecular weight excluding hydrogens is 309 g/mol. The number of carbonyl (C=O) groups excluding carboxylic acids is 1. The largest absolute Gasteiger partial charge is 0.489 e. The van der Waals surface area contributed by atoms with E-state index in [-0.39, 0.29) is 24.4 Å². The maximum Gasteiger partial charge on any atom is 0.254 e. The number of likely N-dealkylation sites (tertiary alicyclic amines) is 1. The minimum absolute atomic E-state index is 0.0101. The van der Waals surface area contributed by atoms with Crippen LogP contribution in [-0.4, -0.2) is 37.1 Å². The van der Waals surface area contributed by atoms with Crippen molar-refractivity contribution in [1.29, 1.82) is 0 Å².